The first kappa shape index (κ1) is 25.5. The van der Waals surface area contributed by atoms with Gasteiger partial charge in [0.05, 0.1) is 11.7 Å². The molecule has 2 heterocycles. The summed E-state index contributed by atoms with van der Waals surface area (Å²) in [6.07, 6.45) is 7.45. The van der Waals surface area contributed by atoms with Crippen LogP contribution in [0.3, 0.4) is 0 Å². The molecular weight excluding hydrogens is 458 g/mol. The molecule has 2 atom stereocenters. The summed E-state index contributed by atoms with van der Waals surface area (Å²) < 4.78 is 0. The number of nitrogens with zero attached hydrogens (tertiary/aromatic N) is 2. The van der Waals surface area contributed by atoms with Crippen molar-refractivity contribution in [2.75, 3.05) is 6.54 Å². The summed E-state index contributed by atoms with van der Waals surface area (Å²) in [7, 11) is 0. The minimum Gasteiger partial charge on any atom is -0.480 e. The van der Waals surface area contributed by atoms with E-state index in [4.69, 9.17) is 10.7 Å². The zero-order valence-electron chi connectivity index (χ0n) is 20.3. The maximum absolute atomic E-state index is 12.6. The van der Waals surface area contributed by atoms with Crippen LogP contribution < -0.4 is 16.4 Å². The number of carbonyl (C=O) groups excluding carboxylic acids is 2. The second-order valence-electron chi connectivity index (χ2n) is 9.36. The van der Waals surface area contributed by atoms with Crippen LogP contribution in [0.2, 0.25) is 0 Å². The molecule has 190 valence electrons. The summed E-state index contributed by atoms with van der Waals surface area (Å²) in [5, 5.41) is 14.8. The Morgan fingerprint density at radius 1 is 1.08 bits per heavy atom. The fourth-order valence-electron chi connectivity index (χ4n) is 4.68. The second-order valence-corrected chi connectivity index (χ2v) is 9.36. The van der Waals surface area contributed by atoms with Crippen LogP contribution in [0.4, 0.5) is 5.69 Å². The number of pyridine rings is 1. The molecule has 5 N–H and O–H groups in total. The van der Waals surface area contributed by atoms with Gasteiger partial charge in [-0.3, -0.25) is 14.6 Å². The van der Waals surface area contributed by atoms with E-state index in [-0.39, 0.29) is 24.6 Å². The van der Waals surface area contributed by atoms with Crippen LogP contribution in [0.15, 0.2) is 41.4 Å². The van der Waals surface area contributed by atoms with Crippen molar-refractivity contribution >= 4 is 29.2 Å². The molecule has 0 fully saturated rings. The van der Waals surface area contributed by atoms with Crippen molar-refractivity contribution in [1.29, 1.82) is 0 Å². The molecule has 1 aromatic heterocycles. The molecular formula is C27H33N5O4. The molecule has 0 saturated carbocycles. The topological polar surface area (TPSA) is 147 Å². The van der Waals surface area contributed by atoms with Gasteiger partial charge >= 0.3 is 5.97 Å². The number of nitrogens with two attached hydrogens (primary N) is 1. The fourth-order valence-corrected chi connectivity index (χ4v) is 4.68. The Labute approximate surface area is 210 Å². The van der Waals surface area contributed by atoms with Crippen LogP contribution in [0.5, 0.6) is 0 Å². The van der Waals surface area contributed by atoms with Gasteiger partial charge < -0.3 is 21.5 Å². The molecule has 2 aromatic rings. The van der Waals surface area contributed by atoms with Crippen molar-refractivity contribution in [2.24, 2.45) is 10.7 Å². The molecule has 1 aliphatic carbocycles. The SMILES string of the molecule is NC1C(C(=O)N[C@@H](CCNC(=O)CCCCc2ccc3c(n2)CCCC3)C(=O)O)=Nc2ccccc21. The molecule has 4 rings (SSSR count). The van der Waals surface area contributed by atoms with Gasteiger partial charge in [-0.15, -0.1) is 0 Å². The number of aryl methyl sites for hydroxylation is 3. The zero-order valence-corrected chi connectivity index (χ0v) is 20.3. The van der Waals surface area contributed by atoms with Crippen molar-refractivity contribution in [1.82, 2.24) is 15.6 Å². The van der Waals surface area contributed by atoms with E-state index in [2.05, 4.69) is 27.8 Å². The lowest BCUT2D eigenvalue weighted by atomic mass is 9.95. The van der Waals surface area contributed by atoms with Gasteiger partial charge in [0, 0.05) is 29.9 Å². The number of hydrogen-bond acceptors (Lipinski definition) is 6. The normalized spacial score (nSPS) is 16.9. The van der Waals surface area contributed by atoms with Crippen molar-refractivity contribution < 1.29 is 19.5 Å². The first-order valence-electron chi connectivity index (χ1n) is 12.6. The summed E-state index contributed by atoms with van der Waals surface area (Å²) in [5.74, 6) is -1.94. The number of nitrogens with one attached hydrogen (secondary N) is 2. The Kier molecular flexibility index (Phi) is 8.43. The number of carboxylic acids is 1. The number of aliphatic carboxylic acids is 1. The van der Waals surface area contributed by atoms with Gasteiger partial charge in [-0.2, -0.15) is 0 Å². The quantitative estimate of drug-likeness (QED) is 0.355. The number of aliphatic imine (C=N–C) groups is 1. The maximum atomic E-state index is 12.6. The highest BCUT2D eigenvalue weighted by Crippen LogP contribution is 2.32. The lowest BCUT2D eigenvalue weighted by Crippen LogP contribution is -2.47. The van der Waals surface area contributed by atoms with E-state index in [1.165, 1.54) is 24.1 Å². The van der Waals surface area contributed by atoms with Gasteiger partial charge in [0.1, 0.15) is 11.8 Å². The number of hydrogen-bond donors (Lipinski definition) is 4. The molecule has 1 aliphatic heterocycles. The molecule has 9 nitrogen and oxygen atoms in total. The zero-order chi connectivity index (χ0) is 25.5. The van der Waals surface area contributed by atoms with Crippen molar-refractivity contribution in [3.63, 3.8) is 0 Å². The Morgan fingerprint density at radius 3 is 2.69 bits per heavy atom. The molecule has 36 heavy (non-hydrogen) atoms. The van der Waals surface area contributed by atoms with Crippen molar-refractivity contribution in [3.05, 3.63) is 58.9 Å². The highest BCUT2D eigenvalue weighted by Gasteiger charge is 2.31. The number of amides is 2. The Morgan fingerprint density at radius 2 is 1.89 bits per heavy atom. The lowest BCUT2D eigenvalue weighted by Gasteiger charge is -2.16. The number of fused-ring (bicyclic) bond motifs is 2. The third-order valence-electron chi connectivity index (χ3n) is 6.72. The smallest absolute Gasteiger partial charge is 0.326 e. The molecule has 2 aliphatic rings. The molecule has 9 heteroatoms. The largest absolute Gasteiger partial charge is 0.480 e. The predicted octanol–water partition coefficient (Wildman–Crippen LogP) is 2.54. The number of carbonyl (C=O) groups is 3. The fraction of sp³-hybridized carbons (Fsp3) is 0.444. The molecule has 0 radical (unpaired) electrons. The summed E-state index contributed by atoms with van der Waals surface area (Å²) in [6.45, 7) is 0.140. The highest BCUT2D eigenvalue weighted by atomic mass is 16.4. The van der Waals surface area contributed by atoms with E-state index < -0.39 is 24.0 Å². The minimum atomic E-state index is -1.18. The number of unbranched alkanes of at least 4 members (excludes halogenated alkanes) is 1. The van der Waals surface area contributed by atoms with E-state index in [9.17, 15) is 19.5 Å². The van der Waals surface area contributed by atoms with Crippen LogP contribution in [0, 0.1) is 0 Å². The number of rotatable bonds is 11. The summed E-state index contributed by atoms with van der Waals surface area (Å²) >= 11 is 0. The van der Waals surface area contributed by atoms with Gasteiger partial charge in [0.25, 0.3) is 5.91 Å². The Balaban J connectivity index is 1.16. The molecule has 0 saturated heterocycles. The summed E-state index contributed by atoms with van der Waals surface area (Å²) in [5.41, 5.74) is 11.2. The van der Waals surface area contributed by atoms with Crippen LogP contribution in [-0.4, -0.2) is 46.2 Å². The van der Waals surface area contributed by atoms with Crippen LogP contribution in [0.1, 0.15) is 67.1 Å². The molecule has 0 bridgehead atoms. The third-order valence-corrected chi connectivity index (χ3v) is 6.72. The first-order chi connectivity index (χ1) is 17.4. The van der Waals surface area contributed by atoms with Crippen molar-refractivity contribution in [3.8, 4) is 0 Å². The lowest BCUT2D eigenvalue weighted by molar-refractivity contribution is -0.141. The standard InChI is InChI=1S/C27H33N5O4/c28-24-19-9-3-5-11-21(19)31-25(24)26(34)32-22(27(35)36)15-16-29-23(33)12-6-2-8-18-14-13-17-7-1-4-10-20(17)30-18/h3,5,9,11,13-14,22,24H,1-2,4,6-8,10,12,15-16,28H2,(H,29,33)(H,32,34)(H,35,36)/t22-,24?/m0/s1. The second kappa shape index (κ2) is 11.9. The number of para-hydroxylation sites is 1. The maximum Gasteiger partial charge on any atom is 0.326 e. The average Bonchev–Trinajstić information content (AvgIpc) is 3.22. The van der Waals surface area contributed by atoms with Crippen LogP contribution >= 0.6 is 0 Å². The highest BCUT2D eigenvalue weighted by molar-refractivity contribution is 6.42. The van der Waals surface area contributed by atoms with Crippen LogP contribution in [-0.2, 0) is 33.6 Å². The van der Waals surface area contributed by atoms with Crippen LogP contribution in [0.25, 0.3) is 0 Å². The summed E-state index contributed by atoms with van der Waals surface area (Å²) in [4.78, 5) is 45.5. The average molecular weight is 492 g/mol. The predicted molar refractivity (Wildman–Crippen MR) is 136 cm³/mol. The Hall–Kier alpha value is -3.59. The van der Waals surface area contributed by atoms with Gasteiger partial charge in [-0.25, -0.2) is 9.79 Å². The van der Waals surface area contributed by atoms with E-state index in [0.717, 1.165) is 43.4 Å². The van der Waals surface area contributed by atoms with E-state index in [1.54, 1.807) is 18.2 Å². The van der Waals surface area contributed by atoms with Gasteiger partial charge in [-0.1, -0.05) is 24.3 Å². The number of aromatic nitrogens is 1. The number of carboxylic acid groups (broad SMARTS) is 1. The number of benzene rings is 1. The van der Waals surface area contributed by atoms with E-state index in [0.29, 0.717) is 12.1 Å². The van der Waals surface area contributed by atoms with Gasteiger partial charge in [-0.05, 0) is 69.1 Å². The molecule has 0 spiro atoms. The van der Waals surface area contributed by atoms with Crippen molar-refractivity contribution in [2.45, 2.75) is 69.9 Å². The van der Waals surface area contributed by atoms with E-state index in [1.807, 2.05) is 6.07 Å². The molecule has 2 amide bonds. The minimum absolute atomic E-state index is 0.0569. The van der Waals surface area contributed by atoms with Gasteiger partial charge in [0.2, 0.25) is 5.91 Å². The first-order valence-corrected chi connectivity index (χ1v) is 12.6. The monoisotopic (exact) mass is 491 g/mol. The third kappa shape index (κ3) is 6.34. The summed E-state index contributed by atoms with van der Waals surface area (Å²) in [6, 6.07) is 9.56. The van der Waals surface area contributed by atoms with E-state index >= 15 is 0 Å². The van der Waals surface area contributed by atoms with Gasteiger partial charge in [0.15, 0.2) is 0 Å². The Bertz CT molecular complexity index is 1160. The molecule has 1 aromatic carbocycles. The molecule has 1 unspecified atom stereocenters.